The van der Waals surface area contributed by atoms with Crippen molar-refractivity contribution in [2.24, 2.45) is 0 Å². The third kappa shape index (κ3) is 1.72. The highest BCUT2D eigenvalue weighted by Gasteiger charge is 2.24. The van der Waals surface area contributed by atoms with E-state index in [0.717, 1.165) is 16.1 Å². The van der Waals surface area contributed by atoms with Crippen LogP contribution in [-0.2, 0) is 0 Å². The first kappa shape index (κ1) is 9.16. The van der Waals surface area contributed by atoms with Crippen LogP contribution in [0.3, 0.4) is 0 Å². The van der Waals surface area contributed by atoms with Gasteiger partial charge in [-0.3, -0.25) is 0 Å². The quantitative estimate of drug-likeness (QED) is 0.810. The molecule has 0 amide bonds. The molecular weight excluding hydrogens is 252 g/mol. The van der Waals surface area contributed by atoms with Crippen molar-refractivity contribution in [3.05, 3.63) is 46.7 Å². The Morgan fingerprint density at radius 1 is 1.33 bits per heavy atom. The second-order valence-electron chi connectivity index (χ2n) is 3.94. The highest BCUT2D eigenvalue weighted by molar-refractivity contribution is 9.10. The van der Waals surface area contributed by atoms with Crippen molar-refractivity contribution in [2.75, 3.05) is 0 Å². The molecule has 1 aliphatic carbocycles. The van der Waals surface area contributed by atoms with E-state index in [1.54, 1.807) is 6.20 Å². The van der Waals surface area contributed by atoms with Crippen LogP contribution in [0, 0.1) is 0 Å². The van der Waals surface area contributed by atoms with Gasteiger partial charge in [-0.1, -0.05) is 6.07 Å². The van der Waals surface area contributed by atoms with Gasteiger partial charge in [0.2, 0.25) is 0 Å². The van der Waals surface area contributed by atoms with Crippen LogP contribution in [0.15, 0.2) is 41.1 Å². The van der Waals surface area contributed by atoms with Crippen LogP contribution in [0.5, 0.6) is 0 Å². The Morgan fingerprint density at radius 3 is 2.87 bits per heavy atom. The van der Waals surface area contributed by atoms with Crippen molar-refractivity contribution in [2.45, 2.75) is 18.8 Å². The molecule has 1 aromatic heterocycles. The van der Waals surface area contributed by atoms with Gasteiger partial charge < -0.3 is 0 Å². The summed E-state index contributed by atoms with van der Waals surface area (Å²) in [5, 5.41) is 4.25. The van der Waals surface area contributed by atoms with Gasteiger partial charge in [-0.15, -0.1) is 0 Å². The van der Waals surface area contributed by atoms with Crippen LogP contribution in [0.4, 0.5) is 0 Å². The van der Waals surface area contributed by atoms with E-state index in [1.807, 2.05) is 16.9 Å². The molecule has 2 aromatic rings. The molecule has 3 rings (SSSR count). The van der Waals surface area contributed by atoms with Gasteiger partial charge in [0.15, 0.2) is 0 Å². The van der Waals surface area contributed by atoms with E-state index in [0.29, 0.717) is 0 Å². The fraction of sp³-hybridized carbons (Fsp3) is 0.250. The molecule has 1 fully saturated rings. The summed E-state index contributed by atoms with van der Waals surface area (Å²) < 4.78 is 2.99. The van der Waals surface area contributed by atoms with Crippen molar-refractivity contribution < 1.29 is 0 Å². The molecule has 3 heteroatoms. The fourth-order valence-electron chi connectivity index (χ4n) is 1.79. The number of halogens is 1. The van der Waals surface area contributed by atoms with Crippen LogP contribution in [0.25, 0.3) is 5.69 Å². The largest absolute Gasteiger partial charge is 0.240 e. The lowest BCUT2D eigenvalue weighted by Gasteiger charge is -2.07. The van der Waals surface area contributed by atoms with E-state index in [-0.39, 0.29) is 0 Å². The summed E-state index contributed by atoms with van der Waals surface area (Å²) in [6.07, 6.45) is 6.44. The van der Waals surface area contributed by atoms with Crippen LogP contribution in [-0.4, -0.2) is 9.78 Å². The fourth-order valence-corrected chi connectivity index (χ4v) is 2.22. The summed E-state index contributed by atoms with van der Waals surface area (Å²) in [5.41, 5.74) is 2.56. The highest BCUT2D eigenvalue weighted by atomic mass is 79.9. The summed E-state index contributed by atoms with van der Waals surface area (Å²) in [5.74, 6) is 0.785. The minimum Gasteiger partial charge on any atom is -0.240 e. The van der Waals surface area contributed by atoms with Crippen LogP contribution >= 0.6 is 15.9 Å². The summed E-state index contributed by atoms with van der Waals surface area (Å²) in [6, 6.07) is 8.49. The van der Waals surface area contributed by atoms with E-state index >= 15 is 0 Å². The van der Waals surface area contributed by atoms with Crippen molar-refractivity contribution in [3.63, 3.8) is 0 Å². The zero-order valence-electron chi connectivity index (χ0n) is 8.23. The molecule has 0 spiro atoms. The lowest BCUT2D eigenvalue weighted by Crippen LogP contribution is -1.96. The Hall–Kier alpha value is -1.09. The second-order valence-corrected chi connectivity index (χ2v) is 4.79. The number of nitrogens with zero attached hydrogens (tertiary/aromatic N) is 2. The molecule has 0 atom stereocenters. The van der Waals surface area contributed by atoms with Crippen molar-refractivity contribution >= 4 is 15.9 Å². The van der Waals surface area contributed by atoms with Gasteiger partial charge in [0.25, 0.3) is 0 Å². The summed E-state index contributed by atoms with van der Waals surface area (Å²) in [4.78, 5) is 0. The summed E-state index contributed by atoms with van der Waals surface area (Å²) in [7, 11) is 0. The van der Waals surface area contributed by atoms with Crippen LogP contribution < -0.4 is 0 Å². The van der Waals surface area contributed by atoms with Gasteiger partial charge in [0.1, 0.15) is 0 Å². The lowest BCUT2D eigenvalue weighted by molar-refractivity contribution is 0.872. The molecule has 0 saturated heterocycles. The van der Waals surface area contributed by atoms with Crippen molar-refractivity contribution in [1.82, 2.24) is 9.78 Å². The predicted molar refractivity (Wildman–Crippen MR) is 63.2 cm³/mol. The first-order valence-corrected chi connectivity index (χ1v) is 5.93. The molecule has 0 aliphatic heterocycles. The summed E-state index contributed by atoms with van der Waals surface area (Å²) in [6.45, 7) is 0. The van der Waals surface area contributed by atoms with Crippen LogP contribution in [0.2, 0.25) is 0 Å². The van der Waals surface area contributed by atoms with Gasteiger partial charge in [0.05, 0.1) is 5.69 Å². The number of hydrogen-bond donors (Lipinski definition) is 0. The molecule has 1 heterocycles. The van der Waals surface area contributed by atoms with Crippen molar-refractivity contribution in [3.8, 4) is 5.69 Å². The molecular formula is C12H11BrN2. The standard InChI is InChI=1S/C12H11BrN2/c13-11-5-4-10(9-2-3-9)8-12(11)15-7-1-6-14-15/h1,4-9H,2-3H2. The van der Waals surface area contributed by atoms with Gasteiger partial charge in [-0.05, 0) is 58.5 Å². The molecule has 1 saturated carbocycles. The van der Waals surface area contributed by atoms with E-state index in [9.17, 15) is 0 Å². The van der Waals surface area contributed by atoms with E-state index in [2.05, 4.69) is 39.2 Å². The molecule has 0 N–H and O–H groups in total. The number of rotatable bonds is 2. The minimum absolute atomic E-state index is 0.785. The molecule has 76 valence electrons. The molecule has 2 nitrogen and oxygen atoms in total. The molecule has 1 aromatic carbocycles. The Bertz CT molecular complexity index is 472. The van der Waals surface area contributed by atoms with Crippen molar-refractivity contribution in [1.29, 1.82) is 0 Å². The average Bonchev–Trinajstić information content (AvgIpc) is 2.95. The van der Waals surface area contributed by atoms with Crippen LogP contribution in [0.1, 0.15) is 24.3 Å². The maximum Gasteiger partial charge on any atom is 0.0790 e. The first-order chi connectivity index (χ1) is 7.34. The van der Waals surface area contributed by atoms with Gasteiger partial charge in [-0.2, -0.15) is 5.10 Å². The SMILES string of the molecule is Brc1ccc(C2CC2)cc1-n1cccn1. The zero-order valence-corrected chi connectivity index (χ0v) is 9.81. The smallest absolute Gasteiger partial charge is 0.0790 e. The van der Waals surface area contributed by atoms with Gasteiger partial charge >= 0.3 is 0 Å². The normalized spacial score (nSPS) is 15.5. The number of aromatic nitrogens is 2. The Balaban J connectivity index is 2.08. The van der Waals surface area contributed by atoms with E-state index in [4.69, 9.17) is 0 Å². The highest BCUT2D eigenvalue weighted by Crippen LogP contribution is 2.41. The van der Waals surface area contributed by atoms with E-state index < -0.39 is 0 Å². The first-order valence-electron chi connectivity index (χ1n) is 5.14. The molecule has 0 radical (unpaired) electrons. The molecule has 0 unspecified atom stereocenters. The third-order valence-electron chi connectivity index (χ3n) is 2.77. The number of hydrogen-bond acceptors (Lipinski definition) is 1. The monoisotopic (exact) mass is 262 g/mol. The molecule has 15 heavy (non-hydrogen) atoms. The summed E-state index contributed by atoms with van der Waals surface area (Å²) >= 11 is 3.56. The predicted octanol–water partition coefficient (Wildman–Crippen LogP) is 3.51. The maximum absolute atomic E-state index is 4.25. The minimum atomic E-state index is 0.785. The maximum atomic E-state index is 4.25. The molecule has 0 bridgehead atoms. The topological polar surface area (TPSA) is 17.8 Å². The Morgan fingerprint density at radius 2 is 2.20 bits per heavy atom. The van der Waals surface area contributed by atoms with Gasteiger partial charge in [0, 0.05) is 16.9 Å². The third-order valence-corrected chi connectivity index (χ3v) is 3.44. The number of benzene rings is 1. The van der Waals surface area contributed by atoms with Gasteiger partial charge in [-0.25, -0.2) is 4.68 Å². The Labute approximate surface area is 97.1 Å². The zero-order chi connectivity index (χ0) is 10.3. The Kier molecular flexibility index (Phi) is 2.13. The average molecular weight is 263 g/mol. The lowest BCUT2D eigenvalue weighted by atomic mass is 10.1. The van der Waals surface area contributed by atoms with E-state index in [1.165, 1.54) is 18.4 Å². The molecule has 1 aliphatic rings. The second kappa shape index (κ2) is 3.49.